The lowest BCUT2D eigenvalue weighted by molar-refractivity contribution is 0.102. The molecule has 0 spiro atoms. The van der Waals surface area contributed by atoms with Crippen LogP contribution in [-0.4, -0.2) is 28.9 Å². The second-order valence-electron chi connectivity index (χ2n) is 6.40. The van der Waals surface area contributed by atoms with E-state index in [2.05, 4.69) is 22.1 Å². The number of ether oxygens (including phenoxy) is 1. The van der Waals surface area contributed by atoms with Gasteiger partial charge in [0.05, 0.1) is 5.69 Å². The Hall–Kier alpha value is -2.41. The number of likely N-dealkylation sites (N-methyl/N-ethyl adjacent to an activating group) is 1. The van der Waals surface area contributed by atoms with Crippen LogP contribution in [0.4, 0.5) is 5.13 Å². The molecule has 1 aromatic heterocycles. The maximum absolute atomic E-state index is 12.5. The van der Waals surface area contributed by atoms with Crippen LogP contribution >= 0.6 is 23.7 Å². The summed E-state index contributed by atoms with van der Waals surface area (Å²) in [5, 5.41) is 3.60. The number of carbonyl (C=O) groups is 1. The van der Waals surface area contributed by atoms with Crippen molar-refractivity contribution < 1.29 is 9.53 Å². The van der Waals surface area contributed by atoms with E-state index >= 15 is 0 Å². The normalized spacial score (nSPS) is 13.3. The van der Waals surface area contributed by atoms with E-state index in [1.165, 1.54) is 4.88 Å². The number of thiazole rings is 1. The number of fused-ring (bicyclic) bond motifs is 1. The molecule has 1 aliphatic rings. The fourth-order valence-electron chi connectivity index (χ4n) is 3.04. The zero-order valence-electron chi connectivity index (χ0n) is 15.6. The molecule has 28 heavy (non-hydrogen) atoms. The van der Waals surface area contributed by atoms with Gasteiger partial charge in [0.25, 0.3) is 5.91 Å². The summed E-state index contributed by atoms with van der Waals surface area (Å²) in [5.74, 6) is 1.31. The Bertz CT molecular complexity index is 929. The number of halogens is 1. The Labute approximate surface area is 174 Å². The molecule has 3 aromatic rings. The number of anilines is 1. The highest BCUT2D eigenvalue weighted by Crippen LogP contribution is 2.28. The van der Waals surface area contributed by atoms with Crippen molar-refractivity contribution in [2.24, 2.45) is 0 Å². The molecule has 1 aliphatic heterocycles. The van der Waals surface area contributed by atoms with Crippen LogP contribution in [0.3, 0.4) is 0 Å². The van der Waals surface area contributed by atoms with Crippen molar-refractivity contribution in [3.8, 4) is 11.5 Å². The number of rotatable bonds is 5. The minimum Gasteiger partial charge on any atom is -0.457 e. The summed E-state index contributed by atoms with van der Waals surface area (Å²) in [4.78, 5) is 20.8. The summed E-state index contributed by atoms with van der Waals surface area (Å²) in [6.07, 6.45) is 0.946. The van der Waals surface area contributed by atoms with Gasteiger partial charge in [-0.1, -0.05) is 25.1 Å². The first-order valence-electron chi connectivity index (χ1n) is 9.06. The molecule has 0 saturated heterocycles. The minimum absolute atomic E-state index is 0. The predicted octanol–water partition coefficient (Wildman–Crippen LogP) is 4.99. The first kappa shape index (κ1) is 20.3. The van der Waals surface area contributed by atoms with Crippen molar-refractivity contribution in [3.63, 3.8) is 0 Å². The van der Waals surface area contributed by atoms with Gasteiger partial charge < -0.3 is 4.74 Å². The van der Waals surface area contributed by atoms with E-state index < -0.39 is 0 Å². The second kappa shape index (κ2) is 9.19. The average molecular weight is 416 g/mol. The second-order valence-corrected chi connectivity index (χ2v) is 7.48. The van der Waals surface area contributed by atoms with Crippen LogP contribution in [0.1, 0.15) is 27.9 Å². The molecular formula is C21H22ClN3O2S. The van der Waals surface area contributed by atoms with Crippen LogP contribution in [0.5, 0.6) is 11.5 Å². The van der Waals surface area contributed by atoms with E-state index in [9.17, 15) is 4.79 Å². The van der Waals surface area contributed by atoms with Crippen LogP contribution in [0.2, 0.25) is 0 Å². The molecule has 146 valence electrons. The Morgan fingerprint density at radius 2 is 1.86 bits per heavy atom. The van der Waals surface area contributed by atoms with Crippen molar-refractivity contribution in [3.05, 3.63) is 70.7 Å². The molecule has 2 aromatic carbocycles. The summed E-state index contributed by atoms with van der Waals surface area (Å²) in [7, 11) is 0. The number of hydrogen-bond acceptors (Lipinski definition) is 5. The zero-order valence-corrected chi connectivity index (χ0v) is 17.2. The lowest BCUT2D eigenvalue weighted by Gasteiger charge is -2.23. The number of hydrogen-bond donors (Lipinski definition) is 1. The standard InChI is InChI=1S/C21H21N3O2S.ClH/c1-2-24-13-12-18-19(14-24)27-21(22-18)23-20(25)15-8-10-17(11-9-15)26-16-6-4-3-5-7-16;/h3-11H,2,12-14H2,1H3,(H,22,23,25);1H. The van der Waals surface area contributed by atoms with Crippen molar-refractivity contribution in [2.45, 2.75) is 19.9 Å². The summed E-state index contributed by atoms with van der Waals surface area (Å²) in [6, 6.07) is 16.7. The lowest BCUT2D eigenvalue weighted by atomic mass is 10.2. The fraction of sp³-hybridized carbons (Fsp3) is 0.238. The van der Waals surface area contributed by atoms with Crippen molar-refractivity contribution in [1.29, 1.82) is 0 Å². The Morgan fingerprint density at radius 3 is 2.57 bits per heavy atom. The van der Waals surface area contributed by atoms with Gasteiger partial charge in [-0.2, -0.15) is 0 Å². The lowest BCUT2D eigenvalue weighted by Crippen LogP contribution is -2.29. The third-order valence-electron chi connectivity index (χ3n) is 4.57. The molecule has 0 saturated carbocycles. The number of carbonyl (C=O) groups excluding carboxylic acids is 1. The SMILES string of the molecule is CCN1CCc2nc(NC(=O)c3ccc(Oc4ccccc4)cc3)sc2C1.Cl. The molecule has 5 nitrogen and oxygen atoms in total. The summed E-state index contributed by atoms with van der Waals surface area (Å²) in [5.41, 5.74) is 1.70. The number of nitrogens with one attached hydrogen (secondary N) is 1. The molecular weight excluding hydrogens is 394 g/mol. The van der Waals surface area contributed by atoms with Crippen LogP contribution in [-0.2, 0) is 13.0 Å². The van der Waals surface area contributed by atoms with Crippen LogP contribution in [0, 0.1) is 0 Å². The van der Waals surface area contributed by atoms with E-state index in [0.29, 0.717) is 16.4 Å². The molecule has 0 atom stereocenters. The van der Waals surface area contributed by atoms with Gasteiger partial charge in [0.2, 0.25) is 0 Å². The van der Waals surface area contributed by atoms with Crippen molar-refractivity contribution in [1.82, 2.24) is 9.88 Å². The number of para-hydroxylation sites is 1. The largest absolute Gasteiger partial charge is 0.457 e. The number of nitrogens with zero attached hydrogens (tertiary/aromatic N) is 2. The van der Waals surface area contributed by atoms with Gasteiger partial charge in [0, 0.05) is 30.0 Å². The highest BCUT2D eigenvalue weighted by atomic mass is 35.5. The molecule has 1 amide bonds. The summed E-state index contributed by atoms with van der Waals surface area (Å²) < 4.78 is 5.76. The first-order chi connectivity index (χ1) is 13.2. The number of benzene rings is 2. The number of amides is 1. The first-order valence-corrected chi connectivity index (χ1v) is 9.88. The Balaban J connectivity index is 0.00000225. The average Bonchev–Trinajstić information content (AvgIpc) is 3.10. The molecule has 0 fully saturated rings. The molecule has 1 N–H and O–H groups in total. The van der Waals surface area contributed by atoms with Crippen LogP contribution in [0.15, 0.2) is 54.6 Å². The van der Waals surface area contributed by atoms with Gasteiger partial charge in [-0.15, -0.1) is 23.7 Å². The predicted molar refractivity (Wildman–Crippen MR) is 115 cm³/mol. The van der Waals surface area contributed by atoms with Crippen molar-refractivity contribution in [2.75, 3.05) is 18.4 Å². The van der Waals surface area contributed by atoms with Gasteiger partial charge >= 0.3 is 0 Å². The van der Waals surface area contributed by atoms with E-state index in [1.807, 2.05) is 30.3 Å². The third kappa shape index (κ3) is 4.70. The molecule has 7 heteroatoms. The maximum atomic E-state index is 12.5. The van der Waals surface area contributed by atoms with Gasteiger partial charge in [-0.3, -0.25) is 15.0 Å². The maximum Gasteiger partial charge on any atom is 0.257 e. The van der Waals surface area contributed by atoms with Gasteiger partial charge in [0.1, 0.15) is 11.5 Å². The van der Waals surface area contributed by atoms with Gasteiger partial charge in [-0.25, -0.2) is 4.98 Å². The summed E-state index contributed by atoms with van der Waals surface area (Å²) >= 11 is 1.57. The fourth-order valence-corrected chi connectivity index (χ4v) is 4.09. The quantitative estimate of drug-likeness (QED) is 0.638. The number of aromatic nitrogens is 1. The monoisotopic (exact) mass is 415 g/mol. The van der Waals surface area contributed by atoms with Crippen molar-refractivity contribution >= 4 is 34.8 Å². The minimum atomic E-state index is -0.153. The van der Waals surface area contributed by atoms with E-state index in [4.69, 9.17) is 4.74 Å². The van der Waals surface area contributed by atoms with Gasteiger partial charge in [0.15, 0.2) is 5.13 Å². The smallest absolute Gasteiger partial charge is 0.257 e. The summed E-state index contributed by atoms with van der Waals surface area (Å²) in [6.45, 7) is 5.16. The third-order valence-corrected chi connectivity index (χ3v) is 5.57. The van der Waals surface area contributed by atoms with Crippen LogP contribution < -0.4 is 10.1 Å². The molecule has 0 radical (unpaired) electrons. The highest BCUT2D eigenvalue weighted by molar-refractivity contribution is 7.15. The van der Waals surface area contributed by atoms with Gasteiger partial charge in [-0.05, 0) is 42.9 Å². The molecule has 0 bridgehead atoms. The highest BCUT2D eigenvalue weighted by Gasteiger charge is 2.20. The molecule has 0 aliphatic carbocycles. The topological polar surface area (TPSA) is 54.5 Å². The van der Waals surface area contributed by atoms with E-state index in [-0.39, 0.29) is 18.3 Å². The zero-order chi connectivity index (χ0) is 18.6. The Morgan fingerprint density at radius 1 is 1.14 bits per heavy atom. The molecule has 0 unspecified atom stereocenters. The molecule has 2 heterocycles. The van der Waals surface area contributed by atoms with E-state index in [1.54, 1.807) is 35.6 Å². The molecule has 4 rings (SSSR count). The Kier molecular flexibility index (Phi) is 6.67. The van der Waals surface area contributed by atoms with E-state index in [0.717, 1.165) is 37.5 Å². The van der Waals surface area contributed by atoms with Crippen LogP contribution in [0.25, 0.3) is 0 Å².